The summed E-state index contributed by atoms with van der Waals surface area (Å²) in [5.41, 5.74) is 1.29. The molecule has 122 valence electrons. The predicted octanol–water partition coefficient (Wildman–Crippen LogP) is 1.87. The summed E-state index contributed by atoms with van der Waals surface area (Å²) in [5, 5.41) is 2.85. The molecule has 0 radical (unpaired) electrons. The lowest BCUT2D eigenvalue weighted by molar-refractivity contribution is 0.0939. The van der Waals surface area contributed by atoms with Crippen molar-refractivity contribution in [3.8, 4) is 0 Å². The Morgan fingerprint density at radius 1 is 1.22 bits per heavy atom. The van der Waals surface area contributed by atoms with Crippen LogP contribution in [-0.4, -0.2) is 25.9 Å². The molecule has 0 saturated heterocycles. The first kappa shape index (κ1) is 17.1. The van der Waals surface area contributed by atoms with E-state index in [1.165, 1.54) is 24.3 Å². The van der Waals surface area contributed by atoms with E-state index in [1.54, 1.807) is 25.4 Å². The molecule has 2 aromatic rings. The first-order valence-electron chi connectivity index (χ1n) is 7.24. The Morgan fingerprint density at radius 2 is 1.91 bits per heavy atom. The van der Waals surface area contributed by atoms with E-state index in [4.69, 9.17) is 0 Å². The van der Waals surface area contributed by atoms with E-state index in [0.29, 0.717) is 12.1 Å². The average Bonchev–Trinajstić information content (AvgIpc) is 2.55. The topological polar surface area (TPSA) is 88.2 Å². The van der Waals surface area contributed by atoms with Crippen molar-refractivity contribution in [2.75, 3.05) is 6.54 Å². The van der Waals surface area contributed by atoms with Crippen molar-refractivity contribution in [2.24, 2.45) is 0 Å². The van der Waals surface area contributed by atoms with Crippen LogP contribution in [0, 0.1) is 0 Å². The molecule has 1 heterocycles. The van der Waals surface area contributed by atoms with Crippen molar-refractivity contribution in [3.63, 3.8) is 0 Å². The van der Waals surface area contributed by atoms with Crippen LogP contribution in [0.5, 0.6) is 0 Å². The molecular weight excluding hydrogens is 314 g/mol. The molecule has 2 N–H and O–H groups in total. The Kier molecular flexibility index (Phi) is 5.46. The summed E-state index contributed by atoms with van der Waals surface area (Å²) < 4.78 is 26.1. The van der Waals surface area contributed by atoms with Crippen molar-refractivity contribution in [1.29, 1.82) is 0 Å². The number of pyridine rings is 1. The lowest BCUT2D eigenvalue weighted by Crippen LogP contribution is -2.27. The SMILES string of the molecule is CCNS(=O)(=O)c1ccc(C(=O)NC(C)c2cccnc2)cc1. The minimum absolute atomic E-state index is 0.135. The number of benzene rings is 1. The second-order valence-electron chi connectivity index (χ2n) is 5.01. The van der Waals surface area contributed by atoms with Gasteiger partial charge in [0.2, 0.25) is 10.0 Å². The molecule has 0 aliphatic carbocycles. The molecule has 6 nitrogen and oxygen atoms in total. The van der Waals surface area contributed by atoms with Crippen LogP contribution in [0.2, 0.25) is 0 Å². The van der Waals surface area contributed by atoms with Gasteiger partial charge in [-0.25, -0.2) is 13.1 Å². The molecule has 0 saturated carbocycles. The number of amides is 1. The van der Waals surface area contributed by atoms with Crippen molar-refractivity contribution in [1.82, 2.24) is 15.0 Å². The molecule has 0 spiro atoms. The highest BCUT2D eigenvalue weighted by molar-refractivity contribution is 7.89. The van der Waals surface area contributed by atoms with Gasteiger partial charge in [-0.1, -0.05) is 13.0 Å². The fraction of sp³-hybridized carbons (Fsp3) is 0.250. The molecule has 0 aliphatic rings. The number of nitrogens with one attached hydrogen (secondary N) is 2. The average molecular weight is 333 g/mol. The van der Waals surface area contributed by atoms with E-state index < -0.39 is 10.0 Å². The van der Waals surface area contributed by atoms with Crippen LogP contribution in [0.25, 0.3) is 0 Å². The highest BCUT2D eigenvalue weighted by atomic mass is 32.2. The number of hydrogen-bond acceptors (Lipinski definition) is 4. The Balaban J connectivity index is 2.09. The lowest BCUT2D eigenvalue weighted by atomic mass is 10.1. The number of rotatable bonds is 6. The standard InChI is InChI=1S/C16H19N3O3S/c1-3-18-23(21,22)15-8-6-13(7-9-15)16(20)19-12(2)14-5-4-10-17-11-14/h4-12,18H,3H2,1-2H3,(H,19,20). The summed E-state index contributed by atoms with van der Waals surface area (Å²) >= 11 is 0. The number of sulfonamides is 1. The summed E-state index contributed by atoms with van der Waals surface area (Å²) in [5.74, 6) is -0.270. The fourth-order valence-electron chi connectivity index (χ4n) is 2.05. The third kappa shape index (κ3) is 4.37. The largest absolute Gasteiger partial charge is 0.345 e. The van der Waals surface area contributed by atoms with Gasteiger partial charge < -0.3 is 5.32 Å². The van der Waals surface area contributed by atoms with Crippen molar-refractivity contribution < 1.29 is 13.2 Å². The zero-order valence-electron chi connectivity index (χ0n) is 13.0. The van der Waals surface area contributed by atoms with Gasteiger partial charge in [-0.3, -0.25) is 9.78 Å². The minimum Gasteiger partial charge on any atom is -0.345 e. The third-order valence-corrected chi connectivity index (χ3v) is 4.85. The number of carbonyl (C=O) groups is 1. The van der Waals surface area contributed by atoms with Crippen LogP contribution < -0.4 is 10.0 Å². The van der Waals surface area contributed by atoms with Gasteiger partial charge >= 0.3 is 0 Å². The maximum Gasteiger partial charge on any atom is 0.251 e. The molecule has 1 unspecified atom stereocenters. The maximum absolute atomic E-state index is 12.2. The molecular formula is C16H19N3O3S. The molecule has 1 amide bonds. The lowest BCUT2D eigenvalue weighted by Gasteiger charge is -2.14. The van der Waals surface area contributed by atoms with E-state index in [2.05, 4.69) is 15.0 Å². The van der Waals surface area contributed by atoms with Crippen molar-refractivity contribution >= 4 is 15.9 Å². The van der Waals surface area contributed by atoms with Gasteiger partial charge in [-0.15, -0.1) is 0 Å². The minimum atomic E-state index is -3.51. The first-order valence-corrected chi connectivity index (χ1v) is 8.73. The van der Waals surface area contributed by atoms with Crippen molar-refractivity contribution in [3.05, 3.63) is 59.9 Å². The van der Waals surface area contributed by atoms with Crippen LogP contribution in [0.15, 0.2) is 53.7 Å². The van der Waals surface area contributed by atoms with Gasteiger partial charge in [-0.05, 0) is 42.8 Å². The zero-order valence-corrected chi connectivity index (χ0v) is 13.8. The van der Waals surface area contributed by atoms with Gasteiger partial charge in [0.25, 0.3) is 5.91 Å². The molecule has 0 fully saturated rings. The highest BCUT2D eigenvalue weighted by Crippen LogP contribution is 2.13. The molecule has 0 aliphatic heterocycles. The van der Waals surface area contributed by atoms with Crippen LogP contribution in [0.3, 0.4) is 0 Å². The number of nitrogens with zero attached hydrogens (tertiary/aromatic N) is 1. The van der Waals surface area contributed by atoms with Gasteiger partial charge in [0.05, 0.1) is 10.9 Å². The molecule has 1 aromatic carbocycles. The van der Waals surface area contributed by atoms with E-state index >= 15 is 0 Å². The van der Waals surface area contributed by atoms with Gasteiger partial charge in [0.1, 0.15) is 0 Å². The zero-order chi connectivity index (χ0) is 16.9. The maximum atomic E-state index is 12.2. The molecule has 0 bridgehead atoms. The van der Waals surface area contributed by atoms with Gasteiger partial charge in [-0.2, -0.15) is 0 Å². The summed E-state index contributed by atoms with van der Waals surface area (Å²) in [4.78, 5) is 16.4. The third-order valence-electron chi connectivity index (χ3n) is 3.29. The second kappa shape index (κ2) is 7.34. The second-order valence-corrected chi connectivity index (χ2v) is 6.77. The summed E-state index contributed by atoms with van der Waals surface area (Å²) in [6, 6.07) is 9.32. The van der Waals surface area contributed by atoms with Crippen LogP contribution in [-0.2, 0) is 10.0 Å². The molecule has 1 aromatic heterocycles. The van der Waals surface area contributed by atoms with Gasteiger partial charge in [0, 0.05) is 24.5 Å². The predicted molar refractivity (Wildman–Crippen MR) is 87.4 cm³/mol. The van der Waals surface area contributed by atoms with Crippen LogP contribution in [0.4, 0.5) is 0 Å². The summed E-state index contributed by atoms with van der Waals surface area (Å²) in [6.07, 6.45) is 3.36. The molecule has 2 rings (SSSR count). The van der Waals surface area contributed by atoms with Crippen LogP contribution in [0.1, 0.15) is 35.8 Å². The van der Waals surface area contributed by atoms with E-state index in [9.17, 15) is 13.2 Å². The fourth-order valence-corrected chi connectivity index (χ4v) is 3.10. The normalized spacial score (nSPS) is 12.6. The number of aromatic nitrogens is 1. The number of hydrogen-bond donors (Lipinski definition) is 2. The van der Waals surface area contributed by atoms with E-state index in [0.717, 1.165) is 5.56 Å². The first-order chi connectivity index (χ1) is 10.9. The molecule has 23 heavy (non-hydrogen) atoms. The van der Waals surface area contributed by atoms with E-state index in [1.807, 2.05) is 13.0 Å². The molecule has 7 heteroatoms. The van der Waals surface area contributed by atoms with Gasteiger partial charge in [0.15, 0.2) is 0 Å². The highest BCUT2D eigenvalue weighted by Gasteiger charge is 2.15. The Hall–Kier alpha value is -2.25. The summed E-state index contributed by atoms with van der Waals surface area (Å²) in [7, 11) is -3.51. The Labute approximate surface area is 136 Å². The molecule has 1 atom stereocenters. The quantitative estimate of drug-likeness (QED) is 0.845. The Morgan fingerprint density at radius 3 is 2.48 bits per heavy atom. The van der Waals surface area contributed by atoms with E-state index in [-0.39, 0.29) is 16.8 Å². The monoisotopic (exact) mass is 333 g/mol. The van der Waals surface area contributed by atoms with Crippen LogP contribution >= 0.6 is 0 Å². The summed E-state index contributed by atoms with van der Waals surface area (Å²) in [6.45, 7) is 3.88. The number of carbonyl (C=O) groups excluding carboxylic acids is 1. The Bertz CT molecular complexity index is 759. The van der Waals surface area contributed by atoms with Crippen molar-refractivity contribution in [2.45, 2.75) is 24.8 Å². The smallest absolute Gasteiger partial charge is 0.251 e.